The number of imide groups is 2. The number of Topliss-reactive ketones (excluding diaryl/α,β-unsaturated/α-hetero) is 1. The number of rotatable bonds is 5. The van der Waals surface area contributed by atoms with Gasteiger partial charge in [-0.05, 0) is 25.1 Å². The molecule has 0 saturated carbocycles. The lowest BCUT2D eigenvalue weighted by Gasteiger charge is -2.14. The van der Waals surface area contributed by atoms with E-state index in [1.165, 1.54) is 20.1 Å². The van der Waals surface area contributed by atoms with Crippen molar-refractivity contribution in [1.29, 1.82) is 0 Å². The van der Waals surface area contributed by atoms with E-state index in [0.717, 1.165) is 17.0 Å². The van der Waals surface area contributed by atoms with Crippen LogP contribution in [0.3, 0.4) is 0 Å². The first-order valence-electron chi connectivity index (χ1n) is 6.44. The van der Waals surface area contributed by atoms with Gasteiger partial charge in [0.2, 0.25) is 0 Å². The molecule has 7 nitrogen and oxygen atoms in total. The standard InChI is InChI=1S/C14H13FN2O5/c1-3-16-12(19)13(20)17(14(16)21)7-10(18)9-6-8(15)4-5-11(9)22-2/h4-6H,3,7H2,1-2H3. The molecule has 1 aliphatic heterocycles. The molecule has 8 heteroatoms. The molecule has 0 radical (unpaired) electrons. The van der Waals surface area contributed by atoms with Gasteiger partial charge in [0.15, 0.2) is 5.78 Å². The Kier molecular flexibility index (Phi) is 4.20. The smallest absolute Gasteiger partial charge is 0.334 e. The van der Waals surface area contributed by atoms with Crippen LogP contribution < -0.4 is 4.74 Å². The van der Waals surface area contributed by atoms with E-state index in [4.69, 9.17) is 4.74 Å². The lowest BCUT2D eigenvalue weighted by atomic mass is 10.1. The molecule has 22 heavy (non-hydrogen) atoms. The zero-order valence-corrected chi connectivity index (χ0v) is 12.0. The molecule has 116 valence electrons. The summed E-state index contributed by atoms with van der Waals surface area (Å²) < 4.78 is 18.2. The molecule has 1 heterocycles. The molecule has 0 spiro atoms. The molecule has 0 unspecified atom stereocenters. The van der Waals surface area contributed by atoms with Gasteiger partial charge < -0.3 is 4.74 Å². The van der Waals surface area contributed by atoms with Crippen LogP contribution in [0.1, 0.15) is 17.3 Å². The van der Waals surface area contributed by atoms with Gasteiger partial charge in [0.25, 0.3) is 0 Å². The van der Waals surface area contributed by atoms with Gasteiger partial charge in [-0.15, -0.1) is 0 Å². The van der Waals surface area contributed by atoms with Crippen molar-refractivity contribution in [3.63, 3.8) is 0 Å². The summed E-state index contributed by atoms with van der Waals surface area (Å²) in [5.41, 5.74) is -0.106. The summed E-state index contributed by atoms with van der Waals surface area (Å²) >= 11 is 0. The number of carbonyl (C=O) groups is 4. The SMILES string of the molecule is CCN1C(=O)C(=O)N(CC(=O)c2cc(F)ccc2OC)C1=O. The van der Waals surface area contributed by atoms with Crippen LogP contribution in [0.25, 0.3) is 0 Å². The fourth-order valence-electron chi connectivity index (χ4n) is 2.10. The quantitative estimate of drug-likeness (QED) is 0.457. The lowest BCUT2D eigenvalue weighted by Crippen LogP contribution is -2.37. The van der Waals surface area contributed by atoms with E-state index in [0.29, 0.717) is 4.90 Å². The fourth-order valence-corrected chi connectivity index (χ4v) is 2.10. The third-order valence-electron chi connectivity index (χ3n) is 3.21. The second-order valence-electron chi connectivity index (χ2n) is 4.49. The molecule has 0 aliphatic carbocycles. The van der Waals surface area contributed by atoms with Crippen LogP contribution in [0.15, 0.2) is 18.2 Å². The number of likely N-dealkylation sites (N-methyl/N-ethyl adjacent to an activating group) is 1. The summed E-state index contributed by atoms with van der Waals surface area (Å²) in [6.45, 7) is 0.904. The van der Waals surface area contributed by atoms with Crippen molar-refractivity contribution in [1.82, 2.24) is 9.80 Å². The molecule has 1 aromatic rings. The highest BCUT2D eigenvalue weighted by Crippen LogP contribution is 2.21. The van der Waals surface area contributed by atoms with Crippen LogP contribution in [-0.2, 0) is 9.59 Å². The molecule has 1 aromatic carbocycles. The van der Waals surface area contributed by atoms with Crippen LogP contribution in [0, 0.1) is 5.82 Å². The predicted molar refractivity (Wildman–Crippen MR) is 71.8 cm³/mol. The molecule has 0 aromatic heterocycles. The molecular formula is C14H13FN2O5. The van der Waals surface area contributed by atoms with Crippen molar-refractivity contribution in [3.8, 4) is 5.75 Å². The normalized spacial score (nSPS) is 14.8. The summed E-state index contributed by atoms with van der Waals surface area (Å²) in [7, 11) is 1.30. The molecule has 4 amide bonds. The summed E-state index contributed by atoms with van der Waals surface area (Å²) in [4.78, 5) is 48.7. The molecular weight excluding hydrogens is 295 g/mol. The maximum atomic E-state index is 13.3. The second-order valence-corrected chi connectivity index (χ2v) is 4.49. The summed E-state index contributed by atoms with van der Waals surface area (Å²) in [5, 5.41) is 0. The van der Waals surface area contributed by atoms with E-state index >= 15 is 0 Å². The van der Waals surface area contributed by atoms with E-state index in [9.17, 15) is 23.6 Å². The fraction of sp³-hybridized carbons (Fsp3) is 0.286. The Balaban J connectivity index is 2.26. The van der Waals surface area contributed by atoms with Gasteiger partial charge >= 0.3 is 17.8 Å². The van der Waals surface area contributed by atoms with Crippen molar-refractivity contribution in [2.75, 3.05) is 20.2 Å². The molecule has 0 atom stereocenters. The number of amides is 4. The van der Waals surface area contributed by atoms with Crippen molar-refractivity contribution in [2.45, 2.75) is 6.92 Å². The van der Waals surface area contributed by atoms with Gasteiger partial charge in [-0.2, -0.15) is 0 Å². The summed E-state index contributed by atoms with van der Waals surface area (Å²) in [6.07, 6.45) is 0. The van der Waals surface area contributed by atoms with Gasteiger partial charge in [-0.3, -0.25) is 19.3 Å². The Bertz CT molecular complexity index is 673. The Morgan fingerprint density at radius 3 is 2.36 bits per heavy atom. The number of urea groups is 1. The molecule has 1 aliphatic rings. The number of benzene rings is 1. The number of carbonyl (C=O) groups excluding carboxylic acids is 4. The predicted octanol–water partition coefficient (Wildman–Crippen LogP) is 0.828. The monoisotopic (exact) mass is 308 g/mol. The van der Waals surface area contributed by atoms with Crippen molar-refractivity contribution in [2.24, 2.45) is 0 Å². The van der Waals surface area contributed by atoms with E-state index < -0.39 is 36.0 Å². The minimum absolute atomic E-state index is 0.0252. The Labute approximate surface area is 125 Å². The van der Waals surface area contributed by atoms with Gasteiger partial charge in [0.05, 0.1) is 19.2 Å². The van der Waals surface area contributed by atoms with E-state index in [1.807, 2.05) is 0 Å². The minimum atomic E-state index is -1.07. The maximum Gasteiger partial charge on any atom is 0.334 e. The van der Waals surface area contributed by atoms with E-state index in [-0.39, 0.29) is 17.9 Å². The van der Waals surface area contributed by atoms with Gasteiger partial charge in [0.1, 0.15) is 11.6 Å². The highest BCUT2D eigenvalue weighted by molar-refractivity contribution is 6.45. The lowest BCUT2D eigenvalue weighted by molar-refractivity contribution is -0.143. The Morgan fingerprint density at radius 2 is 1.82 bits per heavy atom. The summed E-state index contributed by atoms with van der Waals surface area (Å²) in [6, 6.07) is 2.47. The first kappa shape index (κ1) is 15.6. The zero-order valence-electron chi connectivity index (χ0n) is 12.0. The minimum Gasteiger partial charge on any atom is -0.496 e. The third-order valence-corrected chi connectivity index (χ3v) is 3.21. The van der Waals surface area contributed by atoms with Crippen LogP contribution in [0.5, 0.6) is 5.75 Å². The van der Waals surface area contributed by atoms with Crippen molar-refractivity contribution in [3.05, 3.63) is 29.6 Å². The molecule has 1 fully saturated rings. The maximum absolute atomic E-state index is 13.3. The number of nitrogens with zero attached hydrogens (tertiary/aromatic N) is 2. The van der Waals surface area contributed by atoms with Crippen LogP contribution in [0.4, 0.5) is 9.18 Å². The van der Waals surface area contributed by atoms with Gasteiger partial charge in [0, 0.05) is 6.54 Å². The zero-order chi connectivity index (χ0) is 16.4. The topological polar surface area (TPSA) is 84.0 Å². The third kappa shape index (κ3) is 2.54. The highest BCUT2D eigenvalue weighted by atomic mass is 19.1. The number of ketones is 1. The number of hydrogen-bond donors (Lipinski definition) is 0. The average Bonchev–Trinajstić information content (AvgIpc) is 2.70. The number of ether oxygens (including phenoxy) is 1. The van der Waals surface area contributed by atoms with E-state index in [1.54, 1.807) is 0 Å². The van der Waals surface area contributed by atoms with Gasteiger partial charge in [-0.25, -0.2) is 14.1 Å². The molecule has 1 saturated heterocycles. The van der Waals surface area contributed by atoms with Crippen LogP contribution in [0.2, 0.25) is 0 Å². The Morgan fingerprint density at radius 1 is 1.18 bits per heavy atom. The second kappa shape index (κ2) is 5.92. The average molecular weight is 308 g/mol. The highest BCUT2D eigenvalue weighted by Gasteiger charge is 2.44. The first-order valence-corrected chi connectivity index (χ1v) is 6.44. The summed E-state index contributed by atoms with van der Waals surface area (Å²) in [5.74, 6) is -3.30. The molecule has 0 N–H and O–H groups in total. The first-order chi connectivity index (χ1) is 10.4. The number of hydrogen-bond acceptors (Lipinski definition) is 5. The van der Waals surface area contributed by atoms with Crippen molar-refractivity contribution >= 4 is 23.6 Å². The van der Waals surface area contributed by atoms with E-state index in [2.05, 4.69) is 0 Å². The largest absolute Gasteiger partial charge is 0.496 e. The molecule has 2 rings (SSSR count). The van der Waals surface area contributed by atoms with Gasteiger partial charge in [-0.1, -0.05) is 0 Å². The number of methoxy groups -OCH3 is 1. The molecule has 0 bridgehead atoms. The van der Waals surface area contributed by atoms with Crippen molar-refractivity contribution < 1.29 is 28.3 Å². The Hall–Kier alpha value is -2.77. The number of halogens is 1. The van der Waals surface area contributed by atoms with Crippen LogP contribution in [-0.4, -0.2) is 53.6 Å². The van der Waals surface area contributed by atoms with Crippen LogP contribution >= 0.6 is 0 Å².